The second-order valence-electron chi connectivity index (χ2n) is 3.66. The molecule has 1 aliphatic rings. The smallest absolute Gasteiger partial charge is 0.157 e. The summed E-state index contributed by atoms with van der Waals surface area (Å²) in [6, 6.07) is 2.10. The van der Waals surface area contributed by atoms with E-state index in [2.05, 4.69) is 6.07 Å². The van der Waals surface area contributed by atoms with Crippen molar-refractivity contribution in [3.63, 3.8) is 0 Å². The van der Waals surface area contributed by atoms with Gasteiger partial charge in [0.1, 0.15) is 0 Å². The van der Waals surface area contributed by atoms with E-state index < -0.39 is 0 Å². The van der Waals surface area contributed by atoms with E-state index in [4.69, 9.17) is 24.6 Å². The highest BCUT2D eigenvalue weighted by Gasteiger charge is 2.18. The van der Waals surface area contributed by atoms with Gasteiger partial charge in [-0.05, 0) is 12.8 Å². The number of hydrogen-bond donors (Lipinski definition) is 1. The first-order valence-corrected chi connectivity index (χ1v) is 5.69. The van der Waals surface area contributed by atoms with Crippen LogP contribution in [0.25, 0.3) is 0 Å². The molecule has 1 unspecified atom stereocenters. The van der Waals surface area contributed by atoms with Crippen molar-refractivity contribution in [2.75, 3.05) is 26.4 Å². The number of aliphatic hydroxyl groups excluding tert-OH is 1. The van der Waals surface area contributed by atoms with Crippen LogP contribution in [-0.4, -0.2) is 43.9 Å². The van der Waals surface area contributed by atoms with Gasteiger partial charge in [-0.3, -0.25) is 0 Å². The zero-order chi connectivity index (χ0) is 11.6. The molecule has 0 saturated carbocycles. The summed E-state index contributed by atoms with van der Waals surface area (Å²) in [5.74, 6) is 0. The van der Waals surface area contributed by atoms with Crippen molar-refractivity contribution in [3.05, 3.63) is 0 Å². The molecule has 5 heteroatoms. The third-order valence-corrected chi connectivity index (χ3v) is 2.44. The van der Waals surface area contributed by atoms with E-state index in [0.717, 1.165) is 12.8 Å². The Labute approximate surface area is 95.9 Å². The Morgan fingerprint density at radius 1 is 1.38 bits per heavy atom. The van der Waals surface area contributed by atoms with E-state index in [9.17, 15) is 0 Å². The first-order valence-electron chi connectivity index (χ1n) is 5.69. The lowest BCUT2D eigenvalue weighted by Gasteiger charge is -2.17. The van der Waals surface area contributed by atoms with Crippen LogP contribution in [0.1, 0.15) is 25.7 Å². The van der Waals surface area contributed by atoms with Crippen molar-refractivity contribution in [1.82, 2.24) is 0 Å². The molecule has 0 radical (unpaired) electrons. The molecule has 1 atom stereocenters. The molecule has 1 rings (SSSR count). The van der Waals surface area contributed by atoms with Gasteiger partial charge in [-0.25, -0.2) is 0 Å². The number of nitrogens with zero attached hydrogens (tertiary/aromatic N) is 1. The van der Waals surface area contributed by atoms with Gasteiger partial charge in [-0.15, -0.1) is 0 Å². The Morgan fingerprint density at radius 3 is 2.75 bits per heavy atom. The summed E-state index contributed by atoms with van der Waals surface area (Å²) in [6.45, 7) is 1.65. The molecule has 1 fully saturated rings. The highest BCUT2D eigenvalue weighted by atomic mass is 16.7. The van der Waals surface area contributed by atoms with E-state index in [-0.39, 0.29) is 19.0 Å². The Balaban J connectivity index is 2.16. The van der Waals surface area contributed by atoms with Gasteiger partial charge in [0.05, 0.1) is 38.6 Å². The second-order valence-corrected chi connectivity index (χ2v) is 3.66. The van der Waals surface area contributed by atoms with E-state index in [0.29, 0.717) is 32.7 Å². The lowest BCUT2D eigenvalue weighted by atomic mass is 10.1. The molecule has 1 saturated heterocycles. The van der Waals surface area contributed by atoms with E-state index in [1.807, 2.05) is 0 Å². The molecular weight excluding hydrogens is 210 g/mol. The first kappa shape index (κ1) is 13.4. The molecule has 5 nitrogen and oxygen atoms in total. The lowest BCUT2D eigenvalue weighted by molar-refractivity contribution is -0.0615. The minimum Gasteiger partial charge on any atom is -0.394 e. The topological polar surface area (TPSA) is 71.7 Å². The Kier molecular flexibility index (Phi) is 7.10. The fraction of sp³-hybridized carbons (Fsp3) is 0.909. The zero-order valence-corrected chi connectivity index (χ0v) is 9.43. The molecule has 1 aliphatic heterocycles. The highest BCUT2D eigenvalue weighted by molar-refractivity contribution is 4.73. The number of hydrogen-bond acceptors (Lipinski definition) is 5. The molecule has 0 spiro atoms. The third-order valence-electron chi connectivity index (χ3n) is 2.44. The average Bonchev–Trinajstić information content (AvgIpc) is 2.81. The minimum atomic E-state index is -0.123. The summed E-state index contributed by atoms with van der Waals surface area (Å²) in [6.07, 6.45) is 2.64. The van der Waals surface area contributed by atoms with E-state index >= 15 is 0 Å². The largest absolute Gasteiger partial charge is 0.394 e. The molecular formula is C11H19NO4. The minimum absolute atomic E-state index is 0.0134. The predicted molar refractivity (Wildman–Crippen MR) is 56.6 cm³/mol. The van der Waals surface area contributed by atoms with Crippen LogP contribution in [-0.2, 0) is 14.2 Å². The van der Waals surface area contributed by atoms with Crippen molar-refractivity contribution in [1.29, 1.82) is 5.26 Å². The van der Waals surface area contributed by atoms with Crippen molar-refractivity contribution >= 4 is 0 Å². The summed E-state index contributed by atoms with van der Waals surface area (Å²) < 4.78 is 16.1. The van der Waals surface area contributed by atoms with E-state index in [1.54, 1.807) is 0 Å². The third kappa shape index (κ3) is 5.42. The van der Waals surface area contributed by atoms with Crippen LogP contribution in [0.3, 0.4) is 0 Å². The maximum absolute atomic E-state index is 8.68. The highest BCUT2D eigenvalue weighted by Crippen LogP contribution is 2.15. The maximum Gasteiger partial charge on any atom is 0.157 e. The van der Waals surface area contributed by atoms with Crippen LogP contribution in [0.15, 0.2) is 0 Å². The van der Waals surface area contributed by atoms with Crippen LogP contribution in [0, 0.1) is 11.3 Å². The molecule has 0 aromatic carbocycles. The van der Waals surface area contributed by atoms with Gasteiger partial charge in [0.15, 0.2) is 6.29 Å². The van der Waals surface area contributed by atoms with Gasteiger partial charge in [-0.1, -0.05) is 0 Å². The quantitative estimate of drug-likeness (QED) is 0.667. The Morgan fingerprint density at radius 2 is 2.12 bits per heavy atom. The molecule has 1 heterocycles. The van der Waals surface area contributed by atoms with Crippen LogP contribution in [0.5, 0.6) is 0 Å². The normalized spacial score (nSPS) is 18.5. The fourth-order valence-corrected chi connectivity index (χ4v) is 1.65. The lowest BCUT2D eigenvalue weighted by Crippen LogP contribution is -2.19. The van der Waals surface area contributed by atoms with Crippen LogP contribution >= 0.6 is 0 Å². The van der Waals surface area contributed by atoms with Crippen molar-refractivity contribution in [3.8, 4) is 6.07 Å². The molecule has 0 aromatic heterocycles. The Bertz CT molecular complexity index is 211. The second kappa shape index (κ2) is 8.48. The monoisotopic (exact) mass is 229 g/mol. The molecule has 92 valence electrons. The number of ether oxygens (including phenoxy) is 3. The van der Waals surface area contributed by atoms with Gasteiger partial charge in [0.25, 0.3) is 0 Å². The molecule has 0 amide bonds. The predicted octanol–water partition coefficient (Wildman–Crippen LogP) is 0.821. The standard InChI is InChI=1S/C11H19NO4/c12-5-1-2-10(14-7-6-13)3-4-11-15-8-9-16-11/h10-11,13H,1-4,6-9H2. The van der Waals surface area contributed by atoms with E-state index in [1.165, 1.54) is 0 Å². The summed E-state index contributed by atoms with van der Waals surface area (Å²) in [5, 5.41) is 17.2. The number of nitriles is 1. The van der Waals surface area contributed by atoms with Gasteiger partial charge in [0, 0.05) is 12.8 Å². The van der Waals surface area contributed by atoms with Crippen LogP contribution < -0.4 is 0 Å². The zero-order valence-electron chi connectivity index (χ0n) is 9.43. The van der Waals surface area contributed by atoms with Gasteiger partial charge in [0.2, 0.25) is 0 Å². The molecule has 0 aromatic rings. The number of aliphatic hydroxyl groups is 1. The summed E-state index contributed by atoms with van der Waals surface area (Å²) in [4.78, 5) is 0. The van der Waals surface area contributed by atoms with Crippen molar-refractivity contribution in [2.45, 2.75) is 38.1 Å². The number of rotatable bonds is 8. The fourth-order valence-electron chi connectivity index (χ4n) is 1.65. The summed E-state index contributed by atoms with van der Waals surface area (Å²) in [7, 11) is 0. The van der Waals surface area contributed by atoms with Crippen molar-refractivity contribution in [2.24, 2.45) is 0 Å². The summed E-state index contributed by atoms with van der Waals surface area (Å²) in [5.41, 5.74) is 0. The summed E-state index contributed by atoms with van der Waals surface area (Å²) >= 11 is 0. The van der Waals surface area contributed by atoms with Gasteiger partial charge in [-0.2, -0.15) is 5.26 Å². The van der Waals surface area contributed by atoms with Crippen LogP contribution in [0.2, 0.25) is 0 Å². The first-order chi connectivity index (χ1) is 7.86. The SMILES string of the molecule is N#CCCC(CCC1OCCO1)OCCO. The van der Waals surface area contributed by atoms with Crippen LogP contribution in [0.4, 0.5) is 0 Å². The maximum atomic E-state index is 8.68. The molecule has 0 bridgehead atoms. The van der Waals surface area contributed by atoms with Crippen molar-refractivity contribution < 1.29 is 19.3 Å². The molecule has 16 heavy (non-hydrogen) atoms. The van der Waals surface area contributed by atoms with Gasteiger partial charge >= 0.3 is 0 Å². The molecule has 0 aliphatic carbocycles. The molecule has 1 N–H and O–H groups in total. The van der Waals surface area contributed by atoms with Gasteiger partial charge < -0.3 is 19.3 Å². The Hall–Kier alpha value is -0.670. The average molecular weight is 229 g/mol.